The maximum Gasteiger partial charge on any atom is 0.408 e. The Hall–Kier alpha value is 0.01000. The van der Waals surface area contributed by atoms with Crippen molar-refractivity contribution in [1.82, 2.24) is 10.6 Å². The van der Waals surface area contributed by atoms with Gasteiger partial charge in [0.1, 0.15) is 11.9 Å². The highest BCUT2D eigenvalue weighted by Gasteiger charge is 2.03. The highest BCUT2D eigenvalue weighted by Crippen LogP contribution is 2.14. The van der Waals surface area contributed by atoms with Gasteiger partial charge in [0.05, 0.1) is 56.8 Å². The number of thioether (sulfide) groups is 6. The molecule has 0 aliphatic rings. The summed E-state index contributed by atoms with van der Waals surface area (Å²) in [4.78, 5) is 40.1. The number of ether oxygens (including phenoxy) is 1. The summed E-state index contributed by atoms with van der Waals surface area (Å²) in [6.07, 6.45) is 0.570. The molecule has 0 radical (unpaired) electrons. The Bertz CT molecular complexity index is 592. The van der Waals surface area contributed by atoms with Crippen molar-refractivity contribution in [3.63, 3.8) is 0 Å². The minimum Gasteiger partial charge on any atom is -0.438 e. The fraction of sp³-hybridized carbons (Fsp3) is 0.714. The lowest BCUT2D eigenvalue weighted by molar-refractivity contribution is -0.196. The molecule has 1 unspecified atom stereocenters. The van der Waals surface area contributed by atoms with Gasteiger partial charge in [-0.3, -0.25) is 14.0 Å². The van der Waals surface area contributed by atoms with E-state index in [0.29, 0.717) is 33.7 Å². The van der Waals surface area contributed by atoms with Gasteiger partial charge in [-0.1, -0.05) is 23.5 Å². The van der Waals surface area contributed by atoms with Crippen LogP contribution in [0.4, 0.5) is 9.59 Å². The molecule has 0 aromatic carbocycles. The van der Waals surface area contributed by atoms with E-state index in [2.05, 4.69) is 30.4 Å². The molecule has 0 saturated carbocycles. The maximum atomic E-state index is 11.8. The first-order chi connectivity index (χ1) is 16.1. The van der Waals surface area contributed by atoms with E-state index in [-0.39, 0.29) is 29.0 Å². The molecule has 0 fully saturated rings. The van der Waals surface area contributed by atoms with Gasteiger partial charge in [-0.05, 0) is 0 Å². The van der Waals surface area contributed by atoms with E-state index in [1.54, 1.807) is 0 Å². The minimum absolute atomic E-state index is 0.0498. The van der Waals surface area contributed by atoms with Crippen molar-refractivity contribution >= 4 is 105 Å². The summed E-state index contributed by atoms with van der Waals surface area (Å²) in [6.45, 7) is 0. The van der Waals surface area contributed by atoms with Crippen LogP contribution < -0.4 is 10.6 Å². The topological polar surface area (TPSA) is 168 Å². The molecule has 1 atom stereocenters. The van der Waals surface area contributed by atoms with Crippen molar-refractivity contribution in [3.05, 3.63) is 0 Å². The van der Waals surface area contributed by atoms with Crippen molar-refractivity contribution in [2.24, 2.45) is 9.98 Å². The van der Waals surface area contributed by atoms with Gasteiger partial charge in [-0.15, -0.1) is 47.0 Å². The molecule has 19 heteroatoms. The number of aliphatic hydroxyl groups excluding tert-OH is 2. The van der Waals surface area contributed by atoms with Crippen molar-refractivity contribution in [2.75, 3.05) is 57.4 Å². The predicted octanol–water partition coefficient (Wildman–Crippen LogP) is 2.13. The van der Waals surface area contributed by atoms with Crippen LogP contribution in [0.5, 0.6) is 0 Å². The number of nitrogens with zero attached hydrogens (tertiary/aromatic N) is 2. The zero-order valence-electron chi connectivity index (χ0n) is 17.3. The standard InChI is InChI=1S/C14H26N4O8S7/c19-7-29-9-24-13(21)17-4-28-3-16-6-33(23)12-31-11-32-14(22)18-5-27-2-15-1-25-26-10-30-8-20/h1,6,19-20H,2-5,7-12H2,(H,17,21)(H,18,22)/b15-1?,16-6-. The van der Waals surface area contributed by atoms with Crippen LogP contribution in [0.15, 0.2) is 9.98 Å². The van der Waals surface area contributed by atoms with Crippen LogP contribution in [0, 0.1) is 0 Å². The zero-order chi connectivity index (χ0) is 24.4. The normalized spacial score (nSPS) is 12.2. The number of amides is 2. The second-order valence-electron chi connectivity index (χ2n) is 4.69. The molecule has 12 nitrogen and oxygen atoms in total. The van der Waals surface area contributed by atoms with E-state index in [9.17, 15) is 13.8 Å². The minimum atomic E-state index is -1.25. The fourth-order valence-electron chi connectivity index (χ4n) is 1.20. The Kier molecular flexibility index (Phi) is 26.6. The number of hydrogen-bond acceptors (Lipinski definition) is 16. The molecule has 0 bridgehead atoms. The van der Waals surface area contributed by atoms with Gasteiger partial charge >= 0.3 is 6.09 Å². The largest absolute Gasteiger partial charge is 0.438 e. The zero-order valence-corrected chi connectivity index (χ0v) is 23.0. The van der Waals surface area contributed by atoms with Gasteiger partial charge in [0.25, 0.3) is 5.24 Å². The molecular weight excluding hydrogens is 577 g/mol. The Balaban J connectivity index is 3.51. The summed E-state index contributed by atoms with van der Waals surface area (Å²) in [7, 11) is -1.25. The summed E-state index contributed by atoms with van der Waals surface area (Å²) in [5, 5.41) is 22.9. The maximum absolute atomic E-state index is 11.8. The van der Waals surface area contributed by atoms with Crippen LogP contribution in [0.2, 0.25) is 0 Å². The lowest BCUT2D eigenvalue weighted by atomic mass is 11.1. The van der Waals surface area contributed by atoms with E-state index in [4.69, 9.17) is 14.9 Å². The molecule has 0 rings (SSSR count). The van der Waals surface area contributed by atoms with Crippen LogP contribution in [0.1, 0.15) is 0 Å². The smallest absolute Gasteiger partial charge is 0.408 e. The van der Waals surface area contributed by atoms with Crippen molar-refractivity contribution in [2.45, 2.75) is 0 Å². The monoisotopic (exact) mass is 602 g/mol. The third-order valence-electron chi connectivity index (χ3n) is 2.41. The van der Waals surface area contributed by atoms with Gasteiger partial charge in [-0.2, -0.15) is 4.89 Å². The van der Waals surface area contributed by atoms with Crippen LogP contribution in [0.3, 0.4) is 0 Å². The Morgan fingerprint density at radius 1 is 0.939 bits per heavy atom. The summed E-state index contributed by atoms with van der Waals surface area (Å²) in [6, 6.07) is 0. The number of carbonyl (C=O) groups is 2. The molecule has 0 spiro atoms. The summed E-state index contributed by atoms with van der Waals surface area (Å²) < 4.78 is 16.6. The van der Waals surface area contributed by atoms with Gasteiger partial charge in [0.2, 0.25) is 6.40 Å². The second kappa shape index (κ2) is 26.6. The Morgan fingerprint density at radius 3 is 2.39 bits per heavy atom. The van der Waals surface area contributed by atoms with E-state index in [1.165, 1.54) is 40.8 Å². The molecule has 2 amide bonds. The molecule has 0 aliphatic heterocycles. The molecule has 0 aliphatic carbocycles. The summed E-state index contributed by atoms with van der Waals surface area (Å²) in [5.41, 5.74) is 1.35. The lowest BCUT2D eigenvalue weighted by Gasteiger charge is -2.04. The van der Waals surface area contributed by atoms with Crippen LogP contribution in [-0.2, 0) is 25.3 Å². The molecular formula is C14H26N4O8S7. The van der Waals surface area contributed by atoms with Crippen LogP contribution in [-0.4, -0.2) is 95.1 Å². The quantitative estimate of drug-likeness (QED) is 0.0376. The third-order valence-corrected chi connectivity index (χ3v) is 8.20. The first kappa shape index (κ1) is 33.0. The number of nitrogens with one attached hydrogen (secondary N) is 2. The van der Waals surface area contributed by atoms with Crippen LogP contribution >= 0.6 is 70.6 Å². The average Bonchev–Trinajstić information content (AvgIpc) is 2.80. The highest BCUT2D eigenvalue weighted by atomic mass is 32.2. The van der Waals surface area contributed by atoms with Gasteiger partial charge in [-0.25, -0.2) is 9.79 Å². The van der Waals surface area contributed by atoms with Crippen molar-refractivity contribution in [3.8, 4) is 0 Å². The molecule has 0 aromatic rings. The highest BCUT2D eigenvalue weighted by molar-refractivity contribution is 8.27. The molecule has 192 valence electrons. The number of carbonyl (C=O) groups excluding carboxylic acids is 2. The number of rotatable bonds is 21. The Labute approximate surface area is 220 Å². The predicted molar refractivity (Wildman–Crippen MR) is 144 cm³/mol. The van der Waals surface area contributed by atoms with E-state index in [1.807, 2.05) is 0 Å². The SMILES string of the molecule is O=C(NCSC/N=C\S(=O)CSCSC(=O)NCSCN=COOCSCO)OCSCO. The molecule has 0 saturated heterocycles. The number of aliphatic hydroxyl groups is 2. The average molecular weight is 603 g/mol. The van der Waals surface area contributed by atoms with Gasteiger partial charge < -0.3 is 30.5 Å². The van der Waals surface area contributed by atoms with E-state index >= 15 is 0 Å². The van der Waals surface area contributed by atoms with Crippen molar-refractivity contribution in [1.29, 1.82) is 0 Å². The van der Waals surface area contributed by atoms with Gasteiger partial charge in [0.15, 0.2) is 0 Å². The lowest BCUT2D eigenvalue weighted by Crippen LogP contribution is -2.23. The number of aliphatic imine (C=N–C) groups is 2. The van der Waals surface area contributed by atoms with Crippen molar-refractivity contribution < 1.29 is 38.5 Å². The molecule has 0 aromatic heterocycles. The molecule has 4 N–H and O–H groups in total. The third kappa shape index (κ3) is 26.5. The van der Waals surface area contributed by atoms with E-state index < -0.39 is 16.9 Å². The molecule has 33 heavy (non-hydrogen) atoms. The summed E-state index contributed by atoms with van der Waals surface area (Å²) >= 11 is 7.35. The number of hydrogen-bond donors (Lipinski definition) is 4. The van der Waals surface area contributed by atoms with E-state index in [0.717, 1.165) is 41.7 Å². The molecule has 0 heterocycles. The van der Waals surface area contributed by atoms with Crippen LogP contribution in [0.25, 0.3) is 0 Å². The fourth-order valence-corrected chi connectivity index (χ4v) is 5.79. The van der Waals surface area contributed by atoms with Gasteiger partial charge in [0, 0.05) is 5.08 Å². The number of alkyl carbamates (subject to hydrolysis) is 1. The Morgan fingerprint density at radius 2 is 1.64 bits per heavy atom. The second-order valence-corrected chi connectivity index (χ2v) is 12.3. The first-order valence-corrected chi connectivity index (χ1v) is 16.8. The summed E-state index contributed by atoms with van der Waals surface area (Å²) in [5.74, 6) is 1.52. The first-order valence-electron chi connectivity index (χ1n) is 8.65.